The molecule has 164 valence electrons. The molecule has 0 aliphatic carbocycles. The average Bonchev–Trinajstić information content (AvgIpc) is 2.72. The van der Waals surface area contributed by atoms with Crippen LogP contribution in [0.3, 0.4) is 0 Å². The summed E-state index contributed by atoms with van der Waals surface area (Å²) in [6.45, 7) is -0.424. The highest BCUT2D eigenvalue weighted by Gasteiger charge is 2.15. The van der Waals surface area contributed by atoms with Gasteiger partial charge in [0.15, 0.2) is 0 Å². The van der Waals surface area contributed by atoms with Gasteiger partial charge in [-0.3, -0.25) is 9.11 Å². The maximum atomic E-state index is 9.50. The summed E-state index contributed by atoms with van der Waals surface area (Å²) in [5.41, 5.74) is 12.4. The molecule has 0 aromatic heterocycles. The fraction of sp³-hybridized carbons (Fsp3) is 0.333. The fourth-order valence-corrected chi connectivity index (χ4v) is 1.99. The van der Waals surface area contributed by atoms with Gasteiger partial charge in [0.2, 0.25) is 0 Å². The molecule has 2 aromatic carbocycles. The number of benzene rings is 2. The lowest BCUT2D eigenvalue weighted by Crippen LogP contribution is -2.31. The van der Waals surface area contributed by atoms with Gasteiger partial charge in [-0.1, -0.05) is 60.7 Å². The van der Waals surface area contributed by atoms with Gasteiger partial charge < -0.3 is 31.9 Å². The van der Waals surface area contributed by atoms with Crippen molar-refractivity contribution in [3.8, 4) is 0 Å². The summed E-state index contributed by atoms with van der Waals surface area (Å²) >= 11 is 0. The van der Waals surface area contributed by atoms with Gasteiger partial charge in [-0.2, -0.15) is 8.42 Å². The monoisotopic (exact) mass is 432 g/mol. The normalized spacial score (nSPS) is 14.9. The first-order chi connectivity index (χ1) is 13.5. The molecule has 10 nitrogen and oxygen atoms in total. The van der Waals surface area contributed by atoms with Crippen LogP contribution >= 0.6 is 0 Å². The van der Waals surface area contributed by atoms with Crippen LogP contribution in [0.2, 0.25) is 0 Å². The van der Waals surface area contributed by atoms with Gasteiger partial charge in [0.25, 0.3) is 0 Å². The van der Waals surface area contributed by atoms with E-state index in [0.29, 0.717) is 0 Å². The molecule has 0 bridgehead atoms. The Kier molecular flexibility index (Phi) is 13.2. The number of nitrogens with two attached hydrogens (primary N) is 2. The lowest BCUT2D eigenvalue weighted by atomic mass is 10.0. The second kappa shape index (κ2) is 14.1. The van der Waals surface area contributed by atoms with Gasteiger partial charge >= 0.3 is 10.4 Å². The second-order valence-electron chi connectivity index (χ2n) is 5.85. The Morgan fingerprint density at radius 1 is 0.690 bits per heavy atom. The van der Waals surface area contributed by atoms with Crippen molar-refractivity contribution in [1.82, 2.24) is 0 Å². The van der Waals surface area contributed by atoms with Crippen molar-refractivity contribution in [3.05, 3.63) is 71.8 Å². The summed E-state index contributed by atoms with van der Waals surface area (Å²) in [6, 6.07) is 16.9. The zero-order chi connectivity index (χ0) is 22.4. The van der Waals surface area contributed by atoms with E-state index < -0.39 is 34.7 Å². The number of aliphatic hydroxyl groups is 4. The second-order valence-corrected chi connectivity index (χ2v) is 6.75. The standard InChI is InChI=1S/2C9H13NO2.H2O4S/c2*10-8(6-11)9(12)7-4-2-1-3-5-7;1-5(2,3)4/h2*1-5,8-9,11-12H,6,10H2;(H2,1,2,3,4)/t8-,9-;;/m1../s1. The molecule has 0 aliphatic heterocycles. The predicted molar refractivity (Wildman–Crippen MR) is 107 cm³/mol. The first kappa shape index (κ1) is 27.1. The molecule has 29 heavy (non-hydrogen) atoms. The molecule has 0 radical (unpaired) electrons. The number of hydrogen-bond donors (Lipinski definition) is 8. The molecule has 2 unspecified atom stereocenters. The summed E-state index contributed by atoms with van der Waals surface area (Å²) in [6.07, 6.45) is -1.56. The minimum Gasteiger partial charge on any atom is -0.395 e. The molecule has 0 spiro atoms. The molecule has 0 aliphatic rings. The molecular weight excluding hydrogens is 404 g/mol. The van der Waals surface area contributed by atoms with Crippen LogP contribution in [-0.4, -0.2) is 63.2 Å². The molecule has 0 saturated heterocycles. The van der Waals surface area contributed by atoms with Gasteiger partial charge in [0.1, 0.15) is 0 Å². The summed E-state index contributed by atoms with van der Waals surface area (Å²) in [4.78, 5) is 0. The minimum absolute atomic E-state index is 0.212. The van der Waals surface area contributed by atoms with Gasteiger partial charge in [0, 0.05) is 0 Å². The van der Waals surface area contributed by atoms with Crippen molar-refractivity contribution < 1.29 is 37.9 Å². The van der Waals surface area contributed by atoms with Gasteiger partial charge in [-0.15, -0.1) is 0 Å². The van der Waals surface area contributed by atoms with E-state index in [4.69, 9.17) is 39.2 Å². The Bertz CT molecular complexity index is 702. The molecule has 11 heteroatoms. The highest BCUT2D eigenvalue weighted by atomic mass is 32.3. The summed E-state index contributed by atoms with van der Waals surface area (Å²) in [7, 11) is -4.67. The Hall–Kier alpha value is -1.93. The van der Waals surface area contributed by atoms with E-state index >= 15 is 0 Å². The summed E-state index contributed by atoms with van der Waals surface area (Å²) in [5.74, 6) is 0. The van der Waals surface area contributed by atoms with Crippen molar-refractivity contribution >= 4 is 10.4 Å². The van der Waals surface area contributed by atoms with Crippen LogP contribution in [-0.2, 0) is 10.4 Å². The van der Waals surface area contributed by atoms with Crippen LogP contribution in [0.1, 0.15) is 23.3 Å². The Balaban J connectivity index is 0.000000442. The largest absolute Gasteiger partial charge is 0.395 e. The molecule has 0 saturated carbocycles. The van der Waals surface area contributed by atoms with Crippen molar-refractivity contribution in [2.75, 3.05) is 13.2 Å². The van der Waals surface area contributed by atoms with Crippen LogP contribution in [0, 0.1) is 0 Å². The zero-order valence-electron chi connectivity index (χ0n) is 15.6. The van der Waals surface area contributed by atoms with Crippen LogP contribution in [0.4, 0.5) is 0 Å². The summed E-state index contributed by atoms with van der Waals surface area (Å²) in [5, 5.41) is 36.4. The first-order valence-corrected chi connectivity index (χ1v) is 9.79. The maximum Gasteiger partial charge on any atom is 0.394 e. The van der Waals surface area contributed by atoms with E-state index in [1.807, 2.05) is 36.4 Å². The average molecular weight is 432 g/mol. The molecule has 0 amide bonds. The molecule has 10 N–H and O–H groups in total. The van der Waals surface area contributed by atoms with Crippen molar-refractivity contribution in [2.24, 2.45) is 11.5 Å². The number of rotatable bonds is 6. The van der Waals surface area contributed by atoms with Gasteiger partial charge in [0.05, 0.1) is 37.5 Å². The minimum atomic E-state index is -4.67. The number of hydrogen-bond acceptors (Lipinski definition) is 8. The highest BCUT2D eigenvalue weighted by molar-refractivity contribution is 7.79. The van der Waals surface area contributed by atoms with E-state index in [2.05, 4.69) is 0 Å². The van der Waals surface area contributed by atoms with Crippen molar-refractivity contribution in [2.45, 2.75) is 24.3 Å². The first-order valence-electron chi connectivity index (χ1n) is 8.40. The smallest absolute Gasteiger partial charge is 0.394 e. The van der Waals surface area contributed by atoms with E-state index in [0.717, 1.165) is 11.1 Å². The number of aliphatic hydroxyl groups excluding tert-OH is 4. The SMILES string of the molecule is NC(CO)C(O)c1ccccc1.N[C@H](CO)[C@H](O)c1ccccc1.O=S(=O)(O)O. The molecule has 4 atom stereocenters. The third-order valence-corrected chi connectivity index (χ3v) is 3.51. The van der Waals surface area contributed by atoms with Gasteiger partial charge in [-0.25, -0.2) is 0 Å². The third-order valence-electron chi connectivity index (χ3n) is 3.51. The van der Waals surface area contributed by atoms with E-state index in [9.17, 15) is 10.2 Å². The van der Waals surface area contributed by atoms with Crippen LogP contribution < -0.4 is 11.5 Å². The van der Waals surface area contributed by atoms with Crippen molar-refractivity contribution in [1.29, 1.82) is 0 Å². The molecule has 2 aromatic rings. The molecule has 0 fully saturated rings. The van der Waals surface area contributed by atoms with Crippen LogP contribution in [0.15, 0.2) is 60.7 Å². The zero-order valence-corrected chi connectivity index (χ0v) is 16.4. The van der Waals surface area contributed by atoms with E-state index in [1.54, 1.807) is 24.3 Å². The quantitative estimate of drug-likeness (QED) is 0.272. The molecular formula is C18H28N2O8S. The topological polar surface area (TPSA) is 208 Å². The van der Waals surface area contributed by atoms with Crippen LogP contribution in [0.5, 0.6) is 0 Å². The molecule has 0 heterocycles. The van der Waals surface area contributed by atoms with Gasteiger partial charge in [-0.05, 0) is 11.1 Å². The lowest BCUT2D eigenvalue weighted by molar-refractivity contribution is 0.109. The van der Waals surface area contributed by atoms with E-state index in [-0.39, 0.29) is 13.2 Å². The van der Waals surface area contributed by atoms with Crippen molar-refractivity contribution in [3.63, 3.8) is 0 Å². The molecule has 2 rings (SSSR count). The van der Waals surface area contributed by atoms with Crippen LogP contribution in [0.25, 0.3) is 0 Å². The maximum absolute atomic E-state index is 9.50. The van der Waals surface area contributed by atoms with E-state index in [1.165, 1.54) is 0 Å². The highest BCUT2D eigenvalue weighted by Crippen LogP contribution is 2.14. The Morgan fingerprint density at radius 2 is 0.931 bits per heavy atom. The Morgan fingerprint density at radius 3 is 1.14 bits per heavy atom. The predicted octanol–water partition coefficient (Wildman–Crippen LogP) is -0.574. The Labute approximate surface area is 169 Å². The fourth-order valence-electron chi connectivity index (χ4n) is 1.99. The summed E-state index contributed by atoms with van der Waals surface area (Å²) < 4.78 is 31.6. The third kappa shape index (κ3) is 13.0. The lowest BCUT2D eigenvalue weighted by Gasteiger charge is -2.16.